The number of aromatic nitrogens is 1. The number of carbonyl (C=O) groups excluding carboxylic acids is 3. The van der Waals surface area contributed by atoms with Gasteiger partial charge in [0.1, 0.15) is 0 Å². The fourth-order valence-corrected chi connectivity index (χ4v) is 4.67. The zero-order chi connectivity index (χ0) is 23.5. The van der Waals surface area contributed by atoms with E-state index in [0.717, 1.165) is 24.3 Å². The number of likely N-dealkylation sites (tertiary alicyclic amines) is 1. The number of amides is 2. The van der Waals surface area contributed by atoms with Gasteiger partial charge < -0.3 is 4.90 Å². The molecule has 2 amide bonds. The summed E-state index contributed by atoms with van der Waals surface area (Å²) in [6.07, 6.45) is 3.48. The molecule has 1 aromatic heterocycles. The number of imide groups is 1. The molecule has 5 rings (SSSR count). The number of piperazine rings is 1. The number of hydrogen-bond acceptors (Lipinski definition) is 6. The Labute approximate surface area is 198 Å². The van der Waals surface area contributed by atoms with Crippen molar-refractivity contribution in [3.63, 3.8) is 0 Å². The second-order valence-electron chi connectivity index (χ2n) is 8.66. The minimum absolute atomic E-state index is 0.0248. The van der Waals surface area contributed by atoms with Crippen LogP contribution in [0.4, 0.5) is 5.69 Å². The maximum Gasteiger partial charge on any atom is 0.247 e. The maximum atomic E-state index is 13.0. The van der Waals surface area contributed by atoms with E-state index in [0.29, 0.717) is 30.8 Å². The molecule has 34 heavy (non-hydrogen) atoms. The molecule has 7 heteroatoms. The third-order valence-electron chi connectivity index (χ3n) is 6.60. The lowest BCUT2D eigenvalue weighted by Crippen LogP contribution is -2.52. The molecule has 0 spiro atoms. The molecule has 2 aliphatic heterocycles. The number of ketones is 1. The van der Waals surface area contributed by atoms with Crippen LogP contribution in [0.25, 0.3) is 0 Å². The lowest BCUT2D eigenvalue weighted by Gasteiger charge is -2.38. The van der Waals surface area contributed by atoms with Gasteiger partial charge in [0.15, 0.2) is 5.78 Å². The van der Waals surface area contributed by atoms with Crippen LogP contribution >= 0.6 is 0 Å². The van der Waals surface area contributed by atoms with Crippen molar-refractivity contribution in [3.8, 4) is 0 Å². The number of hydrogen-bond donors (Lipinski definition) is 0. The second-order valence-corrected chi connectivity index (χ2v) is 8.66. The summed E-state index contributed by atoms with van der Waals surface area (Å²) in [4.78, 5) is 47.9. The van der Waals surface area contributed by atoms with Crippen LogP contribution in [0.5, 0.6) is 0 Å². The SMILES string of the molecule is O=C(c1ccncc1)c1ccc(N2CCN([C@@H]3CC(=O)N(Cc4ccccc4)C3=O)CC2)cc1. The van der Waals surface area contributed by atoms with Gasteiger partial charge in [0.2, 0.25) is 11.8 Å². The molecule has 3 aromatic rings. The molecule has 0 saturated carbocycles. The standard InChI is InChI=1S/C27H26N4O3/c32-25-18-24(27(34)31(25)19-20-4-2-1-3-5-20)30-16-14-29(15-17-30)23-8-6-21(7-9-23)26(33)22-10-12-28-13-11-22/h1-13,24H,14-19H2/t24-/m1/s1. The lowest BCUT2D eigenvalue weighted by molar-refractivity contribution is -0.140. The van der Waals surface area contributed by atoms with Gasteiger partial charge in [-0.25, -0.2) is 0 Å². The van der Waals surface area contributed by atoms with E-state index in [2.05, 4.69) is 14.8 Å². The maximum absolute atomic E-state index is 13.0. The molecule has 1 atom stereocenters. The first-order valence-corrected chi connectivity index (χ1v) is 11.5. The van der Waals surface area contributed by atoms with Crippen LogP contribution in [0, 0.1) is 0 Å². The number of pyridine rings is 1. The van der Waals surface area contributed by atoms with Gasteiger partial charge in [-0.2, -0.15) is 0 Å². The summed E-state index contributed by atoms with van der Waals surface area (Å²) in [5, 5.41) is 0. The number of benzene rings is 2. The van der Waals surface area contributed by atoms with E-state index < -0.39 is 0 Å². The highest BCUT2D eigenvalue weighted by Crippen LogP contribution is 2.24. The van der Waals surface area contributed by atoms with Gasteiger partial charge >= 0.3 is 0 Å². The predicted molar refractivity (Wildman–Crippen MR) is 128 cm³/mol. The largest absolute Gasteiger partial charge is 0.369 e. The summed E-state index contributed by atoms with van der Waals surface area (Å²) >= 11 is 0. The van der Waals surface area contributed by atoms with Crippen molar-refractivity contribution in [2.45, 2.75) is 19.0 Å². The molecule has 0 unspecified atom stereocenters. The third kappa shape index (κ3) is 4.47. The van der Waals surface area contributed by atoms with Crippen molar-refractivity contribution in [1.29, 1.82) is 0 Å². The van der Waals surface area contributed by atoms with Crippen LogP contribution in [0.3, 0.4) is 0 Å². The normalized spacial score (nSPS) is 19.0. The van der Waals surface area contributed by atoms with Gasteiger partial charge in [-0.3, -0.25) is 29.2 Å². The van der Waals surface area contributed by atoms with Gasteiger partial charge in [-0.1, -0.05) is 30.3 Å². The van der Waals surface area contributed by atoms with Crippen molar-refractivity contribution in [3.05, 3.63) is 95.8 Å². The monoisotopic (exact) mass is 454 g/mol. The Morgan fingerprint density at radius 3 is 2.15 bits per heavy atom. The molecule has 2 aromatic carbocycles. The van der Waals surface area contributed by atoms with E-state index in [4.69, 9.17) is 0 Å². The average Bonchev–Trinajstić information content (AvgIpc) is 3.18. The number of rotatable bonds is 6. The van der Waals surface area contributed by atoms with Crippen molar-refractivity contribution in [2.24, 2.45) is 0 Å². The quantitative estimate of drug-likeness (QED) is 0.421. The van der Waals surface area contributed by atoms with Crippen LogP contribution < -0.4 is 4.90 Å². The van der Waals surface area contributed by atoms with Gasteiger partial charge in [0.05, 0.1) is 19.0 Å². The Bertz CT molecular complexity index is 1170. The van der Waals surface area contributed by atoms with Crippen LogP contribution in [-0.4, -0.2) is 64.6 Å². The molecule has 0 bridgehead atoms. The van der Waals surface area contributed by atoms with Crippen molar-refractivity contribution in [2.75, 3.05) is 31.1 Å². The predicted octanol–water partition coefficient (Wildman–Crippen LogP) is 2.76. The van der Waals surface area contributed by atoms with E-state index in [9.17, 15) is 14.4 Å². The molecule has 0 aliphatic carbocycles. The van der Waals surface area contributed by atoms with E-state index >= 15 is 0 Å². The Balaban J connectivity index is 1.18. The molecular weight excluding hydrogens is 428 g/mol. The molecule has 2 aliphatic rings. The van der Waals surface area contributed by atoms with E-state index in [1.807, 2.05) is 54.6 Å². The van der Waals surface area contributed by atoms with E-state index in [1.165, 1.54) is 4.90 Å². The van der Waals surface area contributed by atoms with Gasteiger partial charge in [0.25, 0.3) is 0 Å². The Morgan fingerprint density at radius 1 is 0.824 bits per heavy atom. The van der Waals surface area contributed by atoms with Crippen molar-refractivity contribution in [1.82, 2.24) is 14.8 Å². The zero-order valence-corrected chi connectivity index (χ0v) is 18.8. The number of carbonyl (C=O) groups is 3. The summed E-state index contributed by atoms with van der Waals surface area (Å²) in [5.74, 6) is -0.222. The summed E-state index contributed by atoms with van der Waals surface area (Å²) in [6.45, 7) is 3.27. The first kappa shape index (κ1) is 22.0. The first-order valence-electron chi connectivity index (χ1n) is 11.5. The third-order valence-corrected chi connectivity index (χ3v) is 6.60. The van der Waals surface area contributed by atoms with Gasteiger partial charge in [-0.05, 0) is 42.0 Å². The molecule has 0 N–H and O–H groups in total. The Kier molecular flexibility index (Phi) is 6.18. The summed E-state index contributed by atoms with van der Waals surface area (Å²) in [6, 6.07) is 20.3. The van der Waals surface area contributed by atoms with Crippen molar-refractivity contribution >= 4 is 23.3 Å². The van der Waals surface area contributed by atoms with E-state index in [1.54, 1.807) is 24.5 Å². The highest BCUT2D eigenvalue weighted by molar-refractivity contribution is 6.09. The number of nitrogens with zero attached hydrogens (tertiary/aromatic N) is 4. The van der Waals surface area contributed by atoms with Gasteiger partial charge in [-0.15, -0.1) is 0 Å². The second kappa shape index (κ2) is 9.57. The summed E-state index contributed by atoms with van der Waals surface area (Å²) < 4.78 is 0. The fourth-order valence-electron chi connectivity index (χ4n) is 4.67. The van der Waals surface area contributed by atoms with Crippen LogP contribution in [-0.2, 0) is 16.1 Å². The van der Waals surface area contributed by atoms with Crippen LogP contribution in [0.15, 0.2) is 79.1 Å². The van der Waals surface area contributed by atoms with Crippen LogP contribution in [0.2, 0.25) is 0 Å². The molecule has 3 heterocycles. The minimum Gasteiger partial charge on any atom is -0.369 e. The molecule has 0 radical (unpaired) electrons. The van der Waals surface area contributed by atoms with Crippen molar-refractivity contribution < 1.29 is 14.4 Å². The first-order chi connectivity index (χ1) is 16.6. The smallest absolute Gasteiger partial charge is 0.247 e. The van der Waals surface area contributed by atoms with Gasteiger partial charge in [0, 0.05) is 55.4 Å². The van der Waals surface area contributed by atoms with Crippen LogP contribution in [0.1, 0.15) is 27.9 Å². The molecule has 2 saturated heterocycles. The molecular formula is C27H26N4O3. The topological polar surface area (TPSA) is 73.8 Å². The highest BCUT2D eigenvalue weighted by atomic mass is 16.2. The molecule has 7 nitrogen and oxygen atoms in total. The van der Waals surface area contributed by atoms with E-state index in [-0.39, 0.29) is 30.1 Å². The highest BCUT2D eigenvalue weighted by Gasteiger charge is 2.42. The minimum atomic E-state index is -0.376. The average molecular weight is 455 g/mol. The Hall–Kier alpha value is -3.84. The molecule has 172 valence electrons. The lowest BCUT2D eigenvalue weighted by atomic mass is 10.0. The zero-order valence-electron chi connectivity index (χ0n) is 18.8. The Morgan fingerprint density at radius 2 is 1.47 bits per heavy atom. The number of anilines is 1. The fraction of sp³-hybridized carbons (Fsp3) is 0.259. The molecule has 2 fully saturated rings. The summed E-state index contributed by atoms with van der Waals surface area (Å²) in [5.41, 5.74) is 3.27. The summed E-state index contributed by atoms with van der Waals surface area (Å²) in [7, 11) is 0.